The summed E-state index contributed by atoms with van der Waals surface area (Å²) < 4.78 is 4.85. The van der Waals surface area contributed by atoms with Crippen molar-refractivity contribution >= 4 is 86.7 Å². The van der Waals surface area contributed by atoms with E-state index in [4.69, 9.17) is 0 Å². The Labute approximate surface area is 616 Å². The molecule has 2 heteroatoms. The number of fused-ring (bicyclic) bond motifs is 16. The highest BCUT2D eigenvalue weighted by Crippen LogP contribution is 2.52. The first-order valence-corrected chi connectivity index (χ1v) is 37.1. The number of hydrogen-bond acceptors (Lipinski definition) is 0. The minimum absolute atomic E-state index is 0.0310. The fraction of sp³-hybridized carbons (Fsp3) is 0.0385. The zero-order valence-electron chi connectivity index (χ0n) is 58.9. The molecule has 0 N–H and O–H groups in total. The molecule has 2 aliphatic rings. The minimum atomic E-state index is -0.0310. The molecule has 0 unspecified atom stereocenters. The normalized spacial score (nSPS) is 12.7. The molecule has 0 spiro atoms. The molecule has 496 valence electrons. The Hall–Kier alpha value is -13.4. The van der Waals surface area contributed by atoms with Gasteiger partial charge < -0.3 is 9.13 Å². The van der Waals surface area contributed by atoms with Crippen molar-refractivity contribution in [2.24, 2.45) is 0 Å². The molecule has 2 aliphatic carbocycles. The Balaban J connectivity index is 0.000000136. The van der Waals surface area contributed by atoms with E-state index < -0.39 is 0 Å². The molecule has 0 saturated carbocycles. The van der Waals surface area contributed by atoms with Crippen molar-refractivity contribution < 1.29 is 0 Å². The molecule has 20 aromatic rings. The predicted molar refractivity (Wildman–Crippen MR) is 450 cm³/mol. The summed E-state index contributed by atoms with van der Waals surface area (Å²) in [5.41, 5.74) is 33.3. The lowest BCUT2D eigenvalue weighted by molar-refractivity contribution is 0.660. The van der Waals surface area contributed by atoms with Crippen LogP contribution in [0.3, 0.4) is 0 Å². The average Bonchev–Trinajstić information content (AvgIpc) is 1.73. The van der Waals surface area contributed by atoms with Crippen molar-refractivity contribution in [3.05, 3.63) is 398 Å². The van der Waals surface area contributed by atoms with Crippen LogP contribution in [-0.2, 0) is 11.8 Å². The summed E-state index contributed by atoms with van der Waals surface area (Å²) >= 11 is 0. The highest BCUT2D eigenvalue weighted by molar-refractivity contribution is 6.23. The number of nitrogens with zero attached hydrogens (tertiary/aromatic N) is 2. The van der Waals surface area contributed by atoms with Crippen LogP contribution in [0.15, 0.2) is 376 Å². The van der Waals surface area contributed by atoms with Gasteiger partial charge in [-0.15, -0.1) is 0 Å². The largest absolute Gasteiger partial charge is 0.309 e. The number of aromatic nitrogens is 2. The molecule has 2 aromatic heterocycles. The van der Waals surface area contributed by atoms with E-state index in [1.807, 2.05) is 0 Å². The third-order valence-corrected chi connectivity index (χ3v) is 23.2. The van der Waals surface area contributed by atoms with Crippen LogP contribution in [0.4, 0.5) is 0 Å². The molecule has 0 aliphatic heterocycles. The van der Waals surface area contributed by atoms with Crippen molar-refractivity contribution in [2.75, 3.05) is 0 Å². The van der Waals surface area contributed by atoms with Gasteiger partial charge in [-0.1, -0.05) is 323 Å². The third kappa shape index (κ3) is 9.65. The van der Waals surface area contributed by atoms with Gasteiger partial charge in [0, 0.05) is 38.3 Å². The maximum Gasteiger partial charge on any atom is 0.0541 e. The van der Waals surface area contributed by atoms with Crippen LogP contribution in [0.2, 0.25) is 0 Å². The zero-order valence-corrected chi connectivity index (χ0v) is 58.9. The standard InChI is InChI=1S/C53H37N.C51H33N/c1-53(2)47-22-12-10-16-39(47)40-30-26-37(33-48(40)53)36-27-31-50-46(32-36)41-17-11-13-23-49(41)54(50)38-28-24-35(25-29-38)52-44-20-8-6-18-42(44)51(34-14-4-3-5-15-34)43-19-7-9-21-45(43)52;1-2-12-33(13-3-1)50-43-17-6-8-19-45(43)51(46-20-9-7-18-44(46)50)34-22-26-39(27-23-34)52-48-21-11-10-16-42(48)47-32-36(25-29-49(47)52)35-24-28-41-38(30-35)31-37-14-4-5-15-40(37)41/h3-33H,1-2H3;1-30,32H,31H2. The van der Waals surface area contributed by atoms with Crippen LogP contribution < -0.4 is 0 Å². The molecule has 18 aromatic carbocycles. The summed E-state index contributed by atoms with van der Waals surface area (Å²) in [4.78, 5) is 0. The Morgan fingerprint density at radius 3 is 0.953 bits per heavy atom. The maximum atomic E-state index is 2.43. The molecule has 22 rings (SSSR count). The van der Waals surface area contributed by atoms with Crippen molar-refractivity contribution in [3.8, 4) is 100 Å². The lowest BCUT2D eigenvalue weighted by atomic mass is 9.81. The van der Waals surface area contributed by atoms with Crippen LogP contribution >= 0.6 is 0 Å². The van der Waals surface area contributed by atoms with Crippen LogP contribution in [0.1, 0.15) is 36.1 Å². The van der Waals surface area contributed by atoms with Crippen molar-refractivity contribution in [3.63, 3.8) is 0 Å². The second kappa shape index (κ2) is 24.4. The smallest absolute Gasteiger partial charge is 0.0541 e. The van der Waals surface area contributed by atoms with Gasteiger partial charge in [0.2, 0.25) is 0 Å². The summed E-state index contributed by atoms with van der Waals surface area (Å²) in [6, 6.07) is 139. The van der Waals surface area contributed by atoms with E-state index in [9.17, 15) is 0 Å². The SMILES string of the molecule is CC1(C)c2ccccc2-c2ccc(-c3ccc4c(c3)c3ccccc3n4-c3ccc(-c4c5ccccc5c(-c5ccccc5)c5ccccc45)cc3)cc21.c1ccc(-c2c3ccccc3c(-c3ccc(-n4c5ccccc5c5cc(-c6ccc7c(c6)Cc6ccccc6-7)ccc54)cc3)c3ccccc23)cc1. The number of hydrogen-bond donors (Lipinski definition) is 0. The third-order valence-electron chi connectivity index (χ3n) is 23.2. The highest BCUT2D eigenvalue weighted by atomic mass is 15.0. The zero-order chi connectivity index (χ0) is 70.1. The van der Waals surface area contributed by atoms with E-state index in [0.29, 0.717) is 0 Å². The summed E-state index contributed by atoms with van der Waals surface area (Å²) in [7, 11) is 0. The fourth-order valence-corrected chi connectivity index (χ4v) is 18.3. The van der Waals surface area contributed by atoms with Crippen LogP contribution in [-0.4, -0.2) is 9.13 Å². The van der Waals surface area contributed by atoms with Gasteiger partial charge >= 0.3 is 0 Å². The Bertz CT molecular complexity index is 6850. The summed E-state index contributed by atoms with van der Waals surface area (Å²) in [6.45, 7) is 4.71. The second-order valence-electron chi connectivity index (χ2n) is 29.3. The molecule has 2 heterocycles. The monoisotopic (exact) mass is 1350 g/mol. The van der Waals surface area contributed by atoms with Gasteiger partial charge in [-0.05, 0) is 228 Å². The van der Waals surface area contributed by atoms with E-state index in [-0.39, 0.29) is 5.41 Å². The lowest BCUT2D eigenvalue weighted by Crippen LogP contribution is -2.14. The first-order valence-electron chi connectivity index (χ1n) is 37.1. The van der Waals surface area contributed by atoms with Crippen LogP contribution in [0, 0.1) is 0 Å². The summed E-state index contributed by atoms with van der Waals surface area (Å²) in [6.07, 6.45) is 1.000. The summed E-state index contributed by atoms with van der Waals surface area (Å²) in [5.74, 6) is 0. The first-order chi connectivity index (χ1) is 52.4. The second-order valence-corrected chi connectivity index (χ2v) is 29.3. The van der Waals surface area contributed by atoms with Gasteiger partial charge in [-0.3, -0.25) is 0 Å². The minimum Gasteiger partial charge on any atom is -0.309 e. The van der Waals surface area contributed by atoms with E-state index in [0.717, 1.165) is 17.8 Å². The van der Waals surface area contributed by atoms with E-state index >= 15 is 0 Å². The Morgan fingerprint density at radius 2 is 0.500 bits per heavy atom. The number of rotatable bonds is 8. The Kier molecular flexibility index (Phi) is 14.1. The molecule has 0 saturated heterocycles. The highest BCUT2D eigenvalue weighted by Gasteiger charge is 2.35. The number of para-hydroxylation sites is 2. The molecular weight excluding hydrogens is 1280 g/mol. The van der Waals surface area contributed by atoms with Gasteiger partial charge in [-0.25, -0.2) is 0 Å². The van der Waals surface area contributed by atoms with Gasteiger partial charge in [0.15, 0.2) is 0 Å². The van der Waals surface area contributed by atoms with Gasteiger partial charge in [0.25, 0.3) is 0 Å². The average molecular weight is 1350 g/mol. The van der Waals surface area contributed by atoms with Gasteiger partial charge in [-0.2, -0.15) is 0 Å². The molecule has 0 radical (unpaired) electrons. The molecule has 0 amide bonds. The maximum absolute atomic E-state index is 2.43. The van der Waals surface area contributed by atoms with E-state index in [1.165, 1.54) is 198 Å². The molecule has 0 fully saturated rings. The van der Waals surface area contributed by atoms with E-state index in [2.05, 4.69) is 399 Å². The van der Waals surface area contributed by atoms with Gasteiger partial charge in [0.05, 0.1) is 22.1 Å². The molecule has 0 atom stereocenters. The number of benzene rings is 18. The lowest BCUT2D eigenvalue weighted by Gasteiger charge is -2.22. The first kappa shape index (κ1) is 61.3. The summed E-state index contributed by atoms with van der Waals surface area (Å²) in [5, 5.41) is 15.3. The fourth-order valence-electron chi connectivity index (χ4n) is 18.3. The van der Waals surface area contributed by atoms with E-state index in [1.54, 1.807) is 0 Å². The Morgan fingerprint density at radius 1 is 0.198 bits per heavy atom. The molecular formula is C104H70N2. The molecule has 106 heavy (non-hydrogen) atoms. The predicted octanol–water partition coefficient (Wildman–Crippen LogP) is 28.1. The van der Waals surface area contributed by atoms with Gasteiger partial charge in [0.1, 0.15) is 0 Å². The van der Waals surface area contributed by atoms with Crippen molar-refractivity contribution in [2.45, 2.75) is 25.7 Å². The van der Waals surface area contributed by atoms with Crippen molar-refractivity contribution in [1.29, 1.82) is 0 Å². The molecule has 2 nitrogen and oxygen atoms in total. The molecule has 0 bridgehead atoms. The van der Waals surface area contributed by atoms with Crippen molar-refractivity contribution in [1.82, 2.24) is 9.13 Å². The topological polar surface area (TPSA) is 9.86 Å². The van der Waals surface area contributed by atoms with Crippen LogP contribution in [0.5, 0.6) is 0 Å². The quantitative estimate of drug-likeness (QED) is 0.134. The van der Waals surface area contributed by atoms with Crippen LogP contribution in [0.25, 0.3) is 187 Å².